The number of aromatic amines is 1. The Kier molecular flexibility index (Phi) is 9.31. The van der Waals surface area contributed by atoms with Gasteiger partial charge in [-0.1, -0.05) is 13.8 Å². The number of hydrogen-bond donors (Lipinski definition) is 3. The molecule has 0 atom stereocenters. The number of carbonyl (C=O) groups is 2. The van der Waals surface area contributed by atoms with Crippen LogP contribution in [0.1, 0.15) is 46.7 Å². The minimum absolute atomic E-state index is 0.143. The number of phosphoric acid groups is 1. The molecule has 10 nitrogen and oxygen atoms in total. The summed E-state index contributed by atoms with van der Waals surface area (Å²) in [6, 6.07) is 4.20. The molecule has 1 aliphatic heterocycles. The molecule has 2 aromatic rings. The lowest BCUT2D eigenvalue weighted by Crippen LogP contribution is -2.35. The number of likely N-dealkylation sites (N-methyl/N-ethyl adjacent to an activating group) is 1. The van der Waals surface area contributed by atoms with E-state index in [1.165, 1.54) is 12.1 Å². The number of aryl methyl sites for hydroxylation is 1. The molecule has 0 spiro atoms. The zero-order valence-corrected chi connectivity index (χ0v) is 20.3. The van der Waals surface area contributed by atoms with Crippen molar-refractivity contribution in [2.45, 2.75) is 27.7 Å². The molecule has 2 amide bonds. The fraction of sp³-hybridized carbons (Fsp3) is 0.364. The average Bonchev–Trinajstić information content (AvgIpc) is 3.19. The molecule has 2 heterocycles. The van der Waals surface area contributed by atoms with Crippen LogP contribution in [0.2, 0.25) is 0 Å². The molecule has 12 heteroatoms. The second kappa shape index (κ2) is 11.5. The third-order valence-corrected chi connectivity index (χ3v) is 5.36. The van der Waals surface area contributed by atoms with Crippen LogP contribution in [0, 0.1) is 19.7 Å². The Labute approximate surface area is 197 Å². The van der Waals surface area contributed by atoms with Crippen LogP contribution < -0.4 is 25.3 Å². The van der Waals surface area contributed by atoms with Gasteiger partial charge in [0.05, 0.1) is 11.1 Å². The quantitative estimate of drug-likeness (QED) is 0.374. The first-order chi connectivity index (χ1) is 15.8. The predicted molar refractivity (Wildman–Crippen MR) is 121 cm³/mol. The minimum atomic E-state index is -5.39. The van der Waals surface area contributed by atoms with Gasteiger partial charge in [0.2, 0.25) is 0 Å². The Morgan fingerprint density at radius 3 is 2.41 bits per heavy atom. The summed E-state index contributed by atoms with van der Waals surface area (Å²) in [5, 5.41) is 5.70. The number of fused-ring (bicyclic) bond motifs is 1. The van der Waals surface area contributed by atoms with Gasteiger partial charge in [-0.05, 0) is 56.8 Å². The highest BCUT2D eigenvalue weighted by Gasteiger charge is 2.26. The van der Waals surface area contributed by atoms with Gasteiger partial charge >= 0.3 is 0 Å². The molecule has 0 unspecified atom stereocenters. The van der Waals surface area contributed by atoms with Gasteiger partial charge in [-0.15, -0.1) is 0 Å². The second-order valence-corrected chi connectivity index (χ2v) is 8.49. The summed E-state index contributed by atoms with van der Waals surface area (Å²) in [6.45, 7) is 11.1. The zero-order valence-electron chi connectivity index (χ0n) is 19.4. The van der Waals surface area contributed by atoms with Crippen LogP contribution in [0.3, 0.4) is 0 Å². The summed E-state index contributed by atoms with van der Waals surface area (Å²) >= 11 is 0. The highest BCUT2D eigenvalue weighted by Crippen LogP contribution is 2.34. The Morgan fingerprint density at radius 1 is 1.21 bits per heavy atom. The van der Waals surface area contributed by atoms with Crippen LogP contribution in [-0.4, -0.2) is 47.9 Å². The maximum atomic E-state index is 13.7. The average molecular weight is 493 g/mol. The van der Waals surface area contributed by atoms with E-state index in [0.29, 0.717) is 34.6 Å². The molecule has 0 fully saturated rings. The molecule has 1 aromatic carbocycles. The van der Waals surface area contributed by atoms with Crippen LogP contribution in [0.25, 0.3) is 11.6 Å². The first-order valence-electron chi connectivity index (χ1n) is 10.6. The molecule has 0 bridgehead atoms. The maximum Gasteiger partial charge on any atom is 0.256 e. The summed E-state index contributed by atoms with van der Waals surface area (Å²) < 4.78 is 22.2. The SMILES string of the molecule is CCN(CC)CCNC(=O)c1c(C)[nH]c(/C=C2\C(=O)Nc3ccc(F)cc32)c1C.O=P([O-])([O-])[O-]. The van der Waals surface area contributed by atoms with Crippen molar-refractivity contribution in [3.63, 3.8) is 0 Å². The Balaban J connectivity index is 0.000000739. The second-order valence-electron chi connectivity index (χ2n) is 7.60. The van der Waals surface area contributed by atoms with Crippen LogP contribution in [0.15, 0.2) is 18.2 Å². The fourth-order valence-corrected chi connectivity index (χ4v) is 3.66. The van der Waals surface area contributed by atoms with Crippen LogP contribution >= 0.6 is 7.82 Å². The number of nitrogens with zero attached hydrogens (tertiary/aromatic N) is 1. The van der Waals surface area contributed by atoms with Crippen molar-refractivity contribution >= 4 is 37.0 Å². The van der Waals surface area contributed by atoms with Crippen LogP contribution in [0.4, 0.5) is 10.1 Å². The highest BCUT2D eigenvalue weighted by molar-refractivity contribution is 7.40. The number of carbonyl (C=O) groups excluding carboxylic acids is 2. The number of amides is 2. The lowest BCUT2D eigenvalue weighted by atomic mass is 10.0. The van der Waals surface area contributed by atoms with E-state index in [0.717, 1.165) is 30.9 Å². The van der Waals surface area contributed by atoms with Crippen molar-refractivity contribution in [1.29, 1.82) is 0 Å². The molecule has 0 saturated heterocycles. The molecule has 0 aliphatic carbocycles. The van der Waals surface area contributed by atoms with Crippen molar-refractivity contribution in [1.82, 2.24) is 15.2 Å². The van der Waals surface area contributed by atoms with Gasteiger partial charge in [0.25, 0.3) is 11.8 Å². The molecule has 34 heavy (non-hydrogen) atoms. The number of benzene rings is 1. The van der Waals surface area contributed by atoms with Crippen molar-refractivity contribution in [2.24, 2.45) is 0 Å². The van der Waals surface area contributed by atoms with Crippen LogP contribution in [0.5, 0.6) is 0 Å². The smallest absolute Gasteiger partial charge is 0.256 e. The lowest BCUT2D eigenvalue weighted by Gasteiger charge is -2.36. The van der Waals surface area contributed by atoms with Gasteiger partial charge in [0, 0.05) is 35.7 Å². The van der Waals surface area contributed by atoms with E-state index in [-0.39, 0.29) is 11.8 Å². The molecule has 3 rings (SSSR count). The normalized spacial score (nSPS) is 14.0. The summed E-state index contributed by atoms with van der Waals surface area (Å²) in [5.41, 5.74) is 4.20. The third-order valence-electron chi connectivity index (χ3n) is 5.36. The lowest BCUT2D eigenvalue weighted by molar-refractivity contribution is -0.432. The Hall–Kier alpha value is -2.82. The summed E-state index contributed by atoms with van der Waals surface area (Å²) in [7, 11) is -5.39. The molecular formula is C22H27FN4O6P-3. The van der Waals surface area contributed by atoms with E-state index in [2.05, 4.69) is 34.4 Å². The number of hydrogen-bond acceptors (Lipinski definition) is 7. The Bertz CT molecular complexity index is 1130. The topological polar surface area (TPSA) is 163 Å². The highest BCUT2D eigenvalue weighted by atomic mass is 31.2. The standard InChI is InChI=1S/C22H27FN4O2.H3O4P/c1-5-27(6-2)10-9-24-22(29)20-13(3)19(25-14(20)4)12-17-16-11-15(23)7-8-18(16)26-21(17)28;1-5(2,3)4/h7-8,11-12,25H,5-6,9-10H2,1-4H3,(H,24,29)(H,26,28);(H3,1,2,3,4)/p-3/b17-12-;. The van der Waals surface area contributed by atoms with Crippen molar-refractivity contribution in [3.8, 4) is 0 Å². The van der Waals surface area contributed by atoms with E-state index in [1.54, 1.807) is 12.1 Å². The molecule has 0 radical (unpaired) electrons. The number of anilines is 1. The number of H-pyrrole nitrogens is 1. The Morgan fingerprint density at radius 2 is 1.82 bits per heavy atom. The summed E-state index contributed by atoms with van der Waals surface area (Å²) in [6.07, 6.45) is 1.68. The first-order valence-corrected chi connectivity index (χ1v) is 12.1. The molecule has 1 aromatic heterocycles. The van der Waals surface area contributed by atoms with Crippen molar-refractivity contribution < 1.29 is 33.2 Å². The van der Waals surface area contributed by atoms with Gasteiger partial charge < -0.3 is 39.8 Å². The fourth-order valence-electron chi connectivity index (χ4n) is 3.66. The number of nitrogens with one attached hydrogen (secondary N) is 3. The van der Waals surface area contributed by atoms with Crippen molar-refractivity contribution in [2.75, 3.05) is 31.5 Å². The van der Waals surface area contributed by atoms with Crippen molar-refractivity contribution in [3.05, 3.63) is 52.1 Å². The first kappa shape index (κ1) is 27.4. The molecule has 186 valence electrons. The molecular weight excluding hydrogens is 466 g/mol. The predicted octanol–water partition coefficient (Wildman–Crippen LogP) is 0.510. The summed E-state index contributed by atoms with van der Waals surface area (Å²) in [5.74, 6) is -0.836. The number of aromatic nitrogens is 1. The van der Waals surface area contributed by atoms with E-state index >= 15 is 0 Å². The molecule has 3 N–H and O–H groups in total. The van der Waals surface area contributed by atoms with Gasteiger partial charge in [-0.2, -0.15) is 7.82 Å². The van der Waals surface area contributed by atoms with E-state index in [9.17, 15) is 14.0 Å². The van der Waals surface area contributed by atoms with Gasteiger partial charge in [0.15, 0.2) is 0 Å². The van der Waals surface area contributed by atoms with Gasteiger partial charge in [-0.25, -0.2) is 4.39 Å². The van der Waals surface area contributed by atoms with E-state index in [1.807, 2.05) is 13.8 Å². The monoisotopic (exact) mass is 493 g/mol. The maximum absolute atomic E-state index is 13.7. The summed E-state index contributed by atoms with van der Waals surface area (Å²) in [4.78, 5) is 56.1. The number of rotatable bonds is 7. The zero-order chi connectivity index (χ0) is 25.6. The van der Waals surface area contributed by atoms with Crippen LogP contribution in [-0.2, 0) is 9.36 Å². The van der Waals surface area contributed by atoms with E-state index in [4.69, 9.17) is 19.2 Å². The largest absolute Gasteiger partial charge is 0.822 e. The van der Waals surface area contributed by atoms with E-state index < -0.39 is 13.6 Å². The van der Waals surface area contributed by atoms with Gasteiger partial charge in [0.1, 0.15) is 5.82 Å². The third kappa shape index (κ3) is 7.34. The molecule has 1 aliphatic rings. The number of halogens is 1. The molecule has 0 saturated carbocycles. The van der Waals surface area contributed by atoms with Gasteiger partial charge in [-0.3, -0.25) is 9.59 Å². The minimum Gasteiger partial charge on any atom is -0.822 e.